The summed E-state index contributed by atoms with van der Waals surface area (Å²) in [6, 6.07) is 21.7. The Hall–Kier alpha value is -4.29. The maximum absolute atomic E-state index is 15.3. The Labute approximate surface area is 329 Å². The number of carbonyl (C=O) groups excluding carboxylic acids is 4. The van der Waals surface area contributed by atoms with Gasteiger partial charge in [0.05, 0.1) is 47.8 Å². The molecule has 0 saturated carbocycles. The number of benzene rings is 3. The summed E-state index contributed by atoms with van der Waals surface area (Å²) in [5.74, 6) is -4.03. The van der Waals surface area contributed by atoms with E-state index in [9.17, 15) is 14.7 Å². The number of fused-ring (bicyclic) bond motifs is 1. The van der Waals surface area contributed by atoms with Gasteiger partial charge in [-0.2, -0.15) is 0 Å². The summed E-state index contributed by atoms with van der Waals surface area (Å²) in [5, 5.41) is 14.1. The Morgan fingerprint density at radius 2 is 1.80 bits per heavy atom. The smallest absolute Gasteiger partial charge is 0.313 e. The van der Waals surface area contributed by atoms with Gasteiger partial charge in [-0.25, -0.2) is 0 Å². The standard InChI is InChI=1S/C42H45BrClN3O7/c1-4-6-20-33(49)45-24-32(28-17-11-8-12-18-28)53-41(52)34-35-39(50)47(29(25-48)22-27-15-9-7-10-16-27)38(42(35)23-30(43)37(34)54-42)40(51)46(21-5-2)36-26(3)14-13-19-31(36)44/h4-5,7-19,29-30,32,34-35,37-38,48H,1-2,6,20-25H2,3H3,(H,45,49)/t29-,30?,32-,34+,35-,37+,38+,42-/m1/s1. The highest BCUT2D eigenvalue weighted by atomic mass is 79.9. The fourth-order valence-electron chi connectivity index (χ4n) is 8.32. The lowest BCUT2D eigenvalue weighted by atomic mass is 9.70. The number of hydrogen-bond donors (Lipinski definition) is 2. The number of para-hydroxylation sites is 1. The third-order valence-electron chi connectivity index (χ3n) is 10.7. The number of nitrogens with zero attached hydrogens (tertiary/aromatic N) is 2. The van der Waals surface area contributed by atoms with Crippen molar-refractivity contribution < 1.29 is 33.8 Å². The van der Waals surface area contributed by atoms with Crippen molar-refractivity contribution in [2.45, 2.75) is 67.3 Å². The van der Waals surface area contributed by atoms with Crippen LogP contribution in [0.15, 0.2) is 104 Å². The van der Waals surface area contributed by atoms with Gasteiger partial charge in [0.2, 0.25) is 11.8 Å². The summed E-state index contributed by atoms with van der Waals surface area (Å²) in [5.41, 5.74) is 1.28. The van der Waals surface area contributed by atoms with Crippen molar-refractivity contribution in [1.29, 1.82) is 0 Å². The number of hydrogen-bond acceptors (Lipinski definition) is 7. The average Bonchev–Trinajstić information content (AvgIpc) is 3.77. The fraction of sp³-hybridized carbons (Fsp3) is 0.381. The topological polar surface area (TPSA) is 125 Å². The molecule has 54 heavy (non-hydrogen) atoms. The molecule has 3 aromatic rings. The van der Waals surface area contributed by atoms with E-state index in [1.165, 1.54) is 9.80 Å². The lowest BCUT2D eigenvalue weighted by molar-refractivity contribution is -0.160. The zero-order chi connectivity index (χ0) is 38.6. The third kappa shape index (κ3) is 7.51. The second-order valence-electron chi connectivity index (χ2n) is 14.0. The second kappa shape index (κ2) is 17.0. The Bertz CT molecular complexity index is 1860. The van der Waals surface area contributed by atoms with Gasteiger partial charge < -0.3 is 29.7 Å². The molecule has 8 atom stereocenters. The zero-order valence-electron chi connectivity index (χ0n) is 30.1. The van der Waals surface area contributed by atoms with Crippen LogP contribution in [0.3, 0.4) is 0 Å². The third-order valence-corrected chi connectivity index (χ3v) is 11.8. The number of halogens is 2. The molecule has 2 bridgehead atoms. The Kier molecular flexibility index (Phi) is 12.4. The van der Waals surface area contributed by atoms with Gasteiger partial charge in [-0.3, -0.25) is 19.2 Å². The number of likely N-dealkylation sites (tertiary alicyclic amines) is 1. The maximum atomic E-state index is 15.3. The molecule has 1 spiro atoms. The van der Waals surface area contributed by atoms with Crippen molar-refractivity contribution >= 4 is 56.9 Å². The summed E-state index contributed by atoms with van der Waals surface area (Å²) >= 11 is 10.5. The first kappa shape index (κ1) is 39.4. The number of rotatable bonds is 16. The van der Waals surface area contributed by atoms with Gasteiger partial charge in [-0.05, 0) is 48.9 Å². The predicted octanol–water partition coefficient (Wildman–Crippen LogP) is 5.89. The van der Waals surface area contributed by atoms with Crippen LogP contribution >= 0.6 is 27.5 Å². The quantitative estimate of drug-likeness (QED) is 0.105. The average molecular weight is 819 g/mol. The number of nitrogens with one attached hydrogen (secondary N) is 1. The number of aliphatic hydroxyl groups is 1. The van der Waals surface area contributed by atoms with Crippen LogP contribution in [-0.2, 0) is 35.1 Å². The lowest BCUT2D eigenvalue weighted by Gasteiger charge is -2.40. The lowest BCUT2D eigenvalue weighted by Crippen LogP contribution is -2.59. The van der Waals surface area contributed by atoms with E-state index >= 15 is 9.59 Å². The van der Waals surface area contributed by atoms with E-state index in [-0.39, 0.29) is 38.3 Å². The Morgan fingerprint density at radius 1 is 1.09 bits per heavy atom. The summed E-state index contributed by atoms with van der Waals surface area (Å²) in [4.78, 5) is 60.0. The van der Waals surface area contributed by atoms with Crippen molar-refractivity contribution in [3.63, 3.8) is 0 Å². The SMILES string of the molecule is C=CCCC(=O)NC[C@@H](OC(=O)[C@@H]1[C@H]2O[C@@]3(CC2Br)[C@H](C(=O)N(CC=C)c2c(C)cccc2Cl)N([C@@H](CO)Cc2ccccc2)C(=O)[C@@H]13)c1ccccc1. The van der Waals surface area contributed by atoms with Crippen molar-refractivity contribution in [2.75, 3.05) is 24.6 Å². The molecule has 3 aliphatic rings. The number of amides is 3. The van der Waals surface area contributed by atoms with Crippen LogP contribution in [0.1, 0.15) is 42.1 Å². The number of ether oxygens (including phenoxy) is 2. The van der Waals surface area contributed by atoms with E-state index in [1.54, 1.807) is 36.4 Å². The number of aliphatic hydroxyl groups excluding tert-OH is 1. The maximum Gasteiger partial charge on any atom is 0.313 e. The van der Waals surface area contributed by atoms with Crippen LogP contribution in [0.4, 0.5) is 5.69 Å². The van der Waals surface area contributed by atoms with Gasteiger partial charge in [0.1, 0.15) is 17.7 Å². The summed E-state index contributed by atoms with van der Waals surface area (Å²) in [6.07, 6.45) is 2.82. The summed E-state index contributed by atoms with van der Waals surface area (Å²) in [6.45, 7) is 9.06. The van der Waals surface area contributed by atoms with Crippen molar-refractivity contribution in [2.24, 2.45) is 11.8 Å². The van der Waals surface area contributed by atoms with Crippen molar-refractivity contribution in [3.8, 4) is 0 Å². The number of esters is 1. The monoisotopic (exact) mass is 817 g/mol. The summed E-state index contributed by atoms with van der Waals surface area (Å²) in [7, 11) is 0. The highest BCUT2D eigenvalue weighted by molar-refractivity contribution is 9.09. The normalized spacial score (nSPS) is 25.1. The van der Waals surface area contributed by atoms with Crippen LogP contribution in [0, 0.1) is 18.8 Å². The number of aryl methyl sites for hydroxylation is 1. The number of allylic oxidation sites excluding steroid dienone is 1. The van der Waals surface area contributed by atoms with E-state index in [0.29, 0.717) is 22.7 Å². The Morgan fingerprint density at radius 3 is 2.44 bits per heavy atom. The molecular formula is C42H45BrClN3O7. The summed E-state index contributed by atoms with van der Waals surface area (Å²) < 4.78 is 13.0. The molecular weight excluding hydrogens is 774 g/mol. The molecule has 12 heteroatoms. The largest absolute Gasteiger partial charge is 0.455 e. The molecule has 2 N–H and O–H groups in total. The molecule has 3 aromatic carbocycles. The van der Waals surface area contributed by atoms with Crippen molar-refractivity contribution in [3.05, 3.63) is 126 Å². The number of carbonyl (C=O) groups is 4. The van der Waals surface area contributed by atoms with E-state index in [4.69, 9.17) is 21.1 Å². The van der Waals surface area contributed by atoms with Gasteiger partial charge in [-0.1, -0.05) is 112 Å². The molecule has 0 radical (unpaired) electrons. The molecule has 6 rings (SSSR count). The molecule has 3 amide bonds. The van der Waals surface area contributed by atoms with Gasteiger partial charge in [0.15, 0.2) is 0 Å². The van der Waals surface area contributed by atoms with Crippen LogP contribution in [-0.4, -0.2) is 82.0 Å². The minimum atomic E-state index is -1.45. The minimum Gasteiger partial charge on any atom is -0.455 e. The van der Waals surface area contributed by atoms with Gasteiger partial charge >= 0.3 is 5.97 Å². The molecule has 3 aliphatic heterocycles. The zero-order valence-corrected chi connectivity index (χ0v) is 32.5. The van der Waals surface area contributed by atoms with Gasteiger partial charge in [0.25, 0.3) is 5.91 Å². The molecule has 1 unspecified atom stereocenters. The minimum absolute atomic E-state index is 0.00999. The predicted molar refractivity (Wildman–Crippen MR) is 210 cm³/mol. The van der Waals surface area contributed by atoms with E-state index in [0.717, 1.165) is 11.1 Å². The van der Waals surface area contributed by atoms with Crippen LogP contribution < -0.4 is 10.2 Å². The molecule has 0 aliphatic carbocycles. The van der Waals surface area contributed by atoms with Gasteiger partial charge in [-0.15, -0.1) is 13.2 Å². The van der Waals surface area contributed by atoms with Crippen LogP contribution in [0.25, 0.3) is 0 Å². The fourth-order valence-corrected chi connectivity index (χ4v) is 9.59. The molecule has 3 heterocycles. The van der Waals surface area contributed by atoms with E-state index < -0.39 is 70.9 Å². The second-order valence-corrected chi connectivity index (χ2v) is 15.6. The van der Waals surface area contributed by atoms with E-state index in [2.05, 4.69) is 34.4 Å². The Balaban J connectivity index is 1.40. The highest BCUT2D eigenvalue weighted by Gasteiger charge is 2.77. The van der Waals surface area contributed by atoms with Crippen LogP contribution in [0.2, 0.25) is 5.02 Å². The molecule has 3 fully saturated rings. The first-order valence-corrected chi connectivity index (χ1v) is 19.4. The first-order valence-electron chi connectivity index (χ1n) is 18.2. The molecule has 10 nitrogen and oxygen atoms in total. The van der Waals surface area contributed by atoms with Crippen molar-refractivity contribution in [1.82, 2.24) is 10.2 Å². The van der Waals surface area contributed by atoms with Gasteiger partial charge in [0, 0.05) is 17.8 Å². The van der Waals surface area contributed by atoms with E-state index in [1.807, 2.05) is 61.5 Å². The number of alkyl halides is 1. The van der Waals surface area contributed by atoms with Crippen LogP contribution in [0.5, 0.6) is 0 Å². The highest BCUT2D eigenvalue weighted by Crippen LogP contribution is 2.61. The molecule has 3 saturated heterocycles. The molecule has 284 valence electrons. The molecule has 0 aromatic heterocycles. The first-order chi connectivity index (χ1) is 26.1. The number of anilines is 1.